The molecule has 0 aliphatic heterocycles. The van der Waals surface area contributed by atoms with Crippen molar-refractivity contribution in [2.45, 2.75) is 43.4 Å². The minimum Gasteiger partial charge on any atom is -0.465 e. The Morgan fingerprint density at radius 3 is 2.17 bits per heavy atom. The Kier molecular flexibility index (Phi) is 7.06. The number of rotatable bonds is 7. The van der Waals surface area contributed by atoms with E-state index in [-0.39, 0.29) is 29.5 Å². The molecule has 1 saturated carbocycles. The summed E-state index contributed by atoms with van der Waals surface area (Å²) in [7, 11) is 1.05. The van der Waals surface area contributed by atoms with Gasteiger partial charge in [-0.1, -0.05) is 24.3 Å². The highest BCUT2D eigenvalue weighted by atomic mass is 19.4. The van der Waals surface area contributed by atoms with E-state index in [2.05, 4.69) is 10.1 Å². The van der Waals surface area contributed by atoms with Gasteiger partial charge in [-0.25, -0.2) is 13.6 Å². The van der Waals surface area contributed by atoms with Crippen molar-refractivity contribution < 1.29 is 49.9 Å². The predicted octanol–water partition coefficient (Wildman–Crippen LogP) is 4.44. The maximum Gasteiger partial charge on any atom is 0.463 e. The van der Waals surface area contributed by atoms with Crippen LogP contribution in [0, 0.1) is 11.6 Å². The molecule has 0 heterocycles. The number of ether oxygens (including phenoxy) is 1. The van der Waals surface area contributed by atoms with Crippen molar-refractivity contribution in [1.29, 1.82) is 0 Å². The molecule has 0 saturated heterocycles. The molecule has 36 heavy (non-hydrogen) atoms. The second kappa shape index (κ2) is 9.43. The lowest BCUT2D eigenvalue weighted by Crippen LogP contribution is -2.57. The highest BCUT2D eigenvalue weighted by Gasteiger charge is 2.66. The number of hydrogen-bond donors (Lipinski definition) is 2. The summed E-state index contributed by atoms with van der Waals surface area (Å²) in [6.07, 6.45) is -6.53. The molecule has 2 aromatic rings. The Morgan fingerprint density at radius 1 is 1.00 bits per heavy atom. The van der Waals surface area contributed by atoms with Gasteiger partial charge in [0.2, 0.25) is 5.91 Å². The molecule has 194 valence electrons. The van der Waals surface area contributed by atoms with Gasteiger partial charge in [0.1, 0.15) is 22.7 Å². The third-order valence-corrected chi connectivity index (χ3v) is 5.71. The third kappa shape index (κ3) is 5.00. The van der Waals surface area contributed by atoms with Gasteiger partial charge in [0.15, 0.2) is 0 Å². The van der Waals surface area contributed by atoms with Gasteiger partial charge in [0, 0.05) is 5.56 Å². The van der Waals surface area contributed by atoms with Gasteiger partial charge >= 0.3 is 24.0 Å². The molecule has 0 unspecified atom stereocenters. The summed E-state index contributed by atoms with van der Waals surface area (Å²) >= 11 is 0. The van der Waals surface area contributed by atoms with E-state index in [4.69, 9.17) is 0 Å². The highest BCUT2D eigenvalue weighted by Crippen LogP contribution is 2.41. The minimum atomic E-state index is -6.14. The number of nitrogens with one attached hydrogen (secondary N) is 2. The first-order valence-corrected chi connectivity index (χ1v) is 10.4. The van der Waals surface area contributed by atoms with Crippen LogP contribution in [-0.4, -0.2) is 42.5 Å². The summed E-state index contributed by atoms with van der Waals surface area (Å²) in [6, 6.07) is 6.12. The van der Waals surface area contributed by atoms with E-state index in [1.807, 2.05) is 0 Å². The molecule has 0 spiro atoms. The van der Waals surface area contributed by atoms with E-state index in [1.54, 1.807) is 0 Å². The first-order chi connectivity index (χ1) is 16.6. The largest absolute Gasteiger partial charge is 0.465 e. The Bertz CT molecular complexity index is 1210. The molecule has 0 bridgehead atoms. The molecule has 1 aliphatic carbocycles. The second-order valence-electron chi connectivity index (χ2n) is 8.19. The SMILES string of the molecule is COC(=O)c1c(F)cccc1-c1ccc([C@@H](C)NC(=O)C2(NC(=O)C(F)(F)C(F)(F)F)CC2)c(F)c1. The standard InChI is InChI=1S/C23H19F7N2O4/c1-11(31-19(34)21(8-9-21)32-20(35)22(26,27)23(28,29)30)13-7-6-12(10-16(13)25)14-4-3-5-15(24)17(14)18(33)36-2/h3-7,10-11H,8-9H2,1-2H3,(H,31,34)(H,32,35)/t11-/m1/s1. The van der Waals surface area contributed by atoms with Crippen molar-refractivity contribution in [3.05, 3.63) is 59.2 Å². The maximum atomic E-state index is 14.9. The zero-order valence-electron chi connectivity index (χ0n) is 18.7. The molecule has 1 atom stereocenters. The van der Waals surface area contributed by atoms with E-state index in [9.17, 15) is 45.1 Å². The van der Waals surface area contributed by atoms with Crippen LogP contribution in [0.15, 0.2) is 36.4 Å². The van der Waals surface area contributed by atoms with Crippen LogP contribution in [0.4, 0.5) is 30.7 Å². The minimum absolute atomic E-state index is 0.0363. The van der Waals surface area contributed by atoms with Crippen molar-refractivity contribution in [3.63, 3.8) is 0 Å². The summed E-state index contributed by atoms with van der Waals surface area (Å²) in [4.78, 5) is 36.0. The quantitative estimate of drug-likeness (QED) is 0.418. The molecule has 0 aromatic heterocycles. The molecule has 1 fully saturated rings. The van der Waals surface area contributed by atoms with Gasteiger partial charge in [-0.3, -0.25) is 9.59 Å². The average Bonchev–Trinajstić information content (AvgIpc) is 3.58. The Balaban J connectivity index is 1.78. The lowest BCUT2D eigenvalue weighted by molar-refractivity contribution is -0.270. The summed E-state index contributed by atoms with van der Waals surface area (Å²) in [5.41, 5.74) is -2.36. The van der Waals surface area contributed by atoms with Crippen molar-refractivity contribution in [2.75, 3.05) is 7.11 Å². The van der Waals surface area contributed by atoms with Crippen molar-refractivity contribution in [2.24, 2.45) is 0 Å². The van der Waals surface area contributed by atoms with E-state index in [0.29, 0.717) is 0 Å². The fraction of sp³-hybridized carbons (Fsp3) is 0.348. The first kappa shape index (κ1) is 27.0. The molecule has 6 nitrogen and oxygen atoms in total. The molecule has 13 heteroatoms. The fourth-order valence-electron chi connectivity index (χ4n) is 3.49. The topological polar surface area (TPSA) is 84.5 Å². The summed E-state index contributed by atoms with van der Waals surface area (Å²) < 4.78 is 97.4. The number of hydrogen-bond acceptors (Lipinski definition) is 4. The fourth-order valence-corrected chi connectivity index (χ4v) is 3.49. The number of amides is 2. The molecular formula is C23H19F7N2O4. The van der Waals surface area contributed by atoms with E-state index in [0.717, 1.165) is 19.2 Å². The number of benzene rings is 2. The smallest absolute Gasteiger partial charge is 0.463 e. The Morgan fingerprint density at radius 2 is 1.64 bits per heavy atom. The van der Waals surface area contributed by atoms with E-state index < -0.39 is 58.7 Å². The summed E-state index contributed by atoms with van der Waals surface area (Å²) in [5, 5.41) is 3.74. The van der Waals surface area contributed by atoms with Gasteiger partial charge < -0.3 is 15.4 Å². The van der Waals surface area contributed by atoms with Gasteiger partial charge in [0.05, 0.1) is 13.2 Å². The van der Waals surface area contributed by atoms with Gasteiger partial charge in [-0.15, -0.1) is 0 Å². The number of methoxy groups -OCH3 is 1. The van der Waals surface area contributed by atoms with Crippen LogP contribution in [0.1, 0.15) is 41.7 Å². The number of carbonyl (C=O) groups is 3. The lowest BCUT2D eigenvalue weighted by Gasteiger charge is -2.24. The monoisotopic (exact) mass is 520 g/mol. The molecule has 2 N–H and O–H groups in total. The van der Waals surface area contributed by atoms with Crippen molar-refractivity contribution in [3.8, 4) is 11.1 Å². The number of esters is 1. The van der Waals surface area contributed by atoms with E-state index in [1.165, 1.54) is 36.5 Å². The van der Waals surface area contributed by atoms with Gasteiger partial charge in [0.25, 0.3) is 0 Å². The van der Waals surface area contributed by atoms with Crippen LogP contribution in [0.2, 0.25) is 0 Å². The van der Waals surface area contributed by atoms with Crippen molar-refractivity contribution in [1.82, 2.24) is 10.6 Å². The normalized spacial score (nSPS) is 15.6. The second-order valence-corrected chi connectivity index (χ2v) is 8.19. The average molecular weight is 520 g/mol. The number of halogens is 7. The predicted molar refractivity (Wildman–Crippen MR) is 111 cm³/mol. The molecule has 2 aromatic carbocycles. The highest BCUT2D eigenvalue weighted by molar-refractivity contribution is 5.98. The Labute approximate surface area is 199 Å². The Hall–Kier alpha value is -3.64. The van der Waals surface area contributed by atoms with Crippen molar-refractivity contribution >= 4 is 17.8 Å². The molecule has 2 amide bonds. The summed E-state index contributed by atoms with van der Waals surface area (Å²) in [6.45, 7) is 1.32. The zero-order valence-corrected chi connectivity index (χ0v) is 18.7. The molecule has 1 aliphatic rings. The molecule has 0 radical (unpaired) electrons. The number of carbonyl (C=O) groups excluding carboxylic acids is 3. The van der Waals surface area contributed by atoms with Crippen LogP contribution < -0.4 is 10.6 Å². The molecular weight excluding hydrogens is 501 g/mol. The third-order valence-electron chi connectivity index (χ3n) is 5.71. The van der Waals surface area contributed by atoms with Crippen LogP contribution in [0.25, 0.3) is 11.1 Å². The molecule has 3 rings (SSSR count). The van der Waals surface area contributed by atoms with Gasteiger partial charge in [-0.05, 0) is 43.0 Å². The van der Waals surface area contributed by atoms with Crippen LogP contribution in [0.5, 0.6) is 0 Å². The first-order valence-electron chi connectivity index (χ1n) is 10.4. The van der Waals surface area contributed by atoms with Gasteiger partial charge in [-0.2, -0.15) is 22.0 Å². The van der Waals surface area contributed by atoms with Crippen LogP contribution >= 0.6 is 0 Å². The maximum absolute atomic E-state index is 14.9. The lowest BCUT2D eigenvalue weighted by atomic mass is 9.96. The van der Waals surface area contributed by atoms with E-state index >= 15 is 0 Å². The summed E-state index contributed by atoms with van der Waals surface area (Å²) in [5.74, 6) is -12.2. The van der Waals surface area contributed by atoms with Crippen LogP contribution in [-0.2, 0) is 14.3 Å². The zero-order chi connectivity index (χ0) is 27.1. The number of alkyl halides is 5. The van der Waals surface area contributed by atoms with Crippen LogP contribution in [0.3, 0.4) is 0 Å².